The maximum Gasteiger partial charge on any atom is 0.123 e. The smallest absolute Gasteiger partial charge is 0.123 e. The number of rotatable bonds is 3. The number of hydrogen-bond acceptors (Lipinski definition) is 4. The van der Waals surface area contributed by atoms with E-state index >= 15 is 0 Å². The number of aliphatic carboxylic acids is 1. The van der Waals surface area contributed by atoms with Gasteiger partial charge in [-0.25, -0.2) is 9.37 Å². The third-order valence-electron chi connectivity index (χ3n) is 1.95. The molecule has 0 N–H and O–H groups in total. The zero-order valence-corrected chi connectivity index (χ0v) is 8.96. The monoisotopic (exact) mass is 236 g/mol. The average molecular weight is 236 g/mol. The van der Waals surface area contributed by atoms with Crippen LogP contribution in [0.4, 0.5) is 4.39 Å². The van der Waals surface area contributed by atoms with E-state index in [1.165, 1.54) is 23.5 Å². The van der Waals surface area contributed by atoms with Gasteiger partial charge in [-0.1, -0.05) is 12.1 Å². The molecule has 16 heavy (non-hydrogen) atoms. The van der Waals surface area contributed by atoms with E-state index in [0.717, 1.165) is 0 Å². The van der Waals surface area contributed by atoms with Crippen LogP contribution < -0.4 is 5.11 Å². The van der Waals surface area contributed by atoms with Gasteiger partial charge in [0, 0.05) is 23.3 Å². The predicted molar refractivity (Wildman–Crippen MR) is 56.2 cm³/mol. The molecule has 0 atom stereocenters. The second-order valence-electron chi connectivity index (χ2n) is 3.20. The fourth-order valence-electron chi connectivity index (χ4n) is 1.29. The molecular weight excluding hydrogens is 229 g/mol. The van der Waals surface area contributed by atoms with Crippen molar-refractivity contribution in [3.8, 4) is 10.6 Å². The first-order chi connectivity index (χ1) is 7.65. The second-order valence-corrected chi connectivity index (χ2v) is 4.06. The zero-order valence-electron chi connectivity index (χ0n) is 8.14. The summed E-state index contributed by atoms with van der Waals surface area (Å²) in [5, 5.41) is 12.6. The quantitative estimate of drug-likeness (QED) is 0.805. The van der Waals surface area contributed by atoms with Gasteiger partial charge in [-0.2, -0.15) is 0 Å². The molecule has 0 saturated heterocycles. The molecule has 5 heteroatoms. The van der Waals surface area contributed by atoms with E-state index in [1.54, 1.807) is 17.5 Å². The van der Waals surface area contributed by atoms with Crippen LogP contribution in [0.3, 0.4) is 0 Å². The number of nitrogens with zero attached hydrogens (tertiary/aromatic N) is 1. The number of carbonyl (C=O) groups is 1. The van der Waals surface area contributed by atoms with Crippen molar-refractivity contribution < 1.29 is 14.3 Å². The van der Waals surface area contributed by atoms with E-state index in [1.807, 2.05) is 0 Å². The summed E-state index contributed by atoms with van der Waals surface area (Å²) >= 11 is 1.28. The Bertz CT molecular complexity index is 524. The molecule has 0 bridgehead atoms. The molecule has 0 amide bonds. The van der Waals surface area contributed by atoms with Crippen LogP contribution in [-0.2, 0) is 11.2 Å². The van der Waals surface area contributed by atoms with Crippen molar-refractivity contribution in [3.05, 3.63) is 41.2 Å². The lowest BCUT2D eigenvalue weighted by atomic mass is 10.2. The summed E-state index contributed by atoms with van der Waals surface area (Å²) in [6.45, 7) is 0. The molecule has 0 fully saturated rings. The standard InChI is InChI=1S/C11H8FNO2S/c12-8-3-1-2-7(4-8)11-13-9(6-16-11)5-10(14)15/h1-4,6H,5H2,(H,14,15)/p-1. The minimum Gasteiger partial charge on any atom is -0.550 e. The van der Waals surface area contributed by atoms with Crippen molar-refractivity contribution in [2.75, 3.05) is 0 Å². The Labute approximate surface area is 95.2 Å². The summed E-state index contributed by atoms with van der Waals surface area (Å²) in [6.07, 6.45) is -0.216. The summed E-state index contributed by atoms with van der Waals surface area (Å²) in [5.41, 5.74) is 1.08. The lowest BCUT2D eigenvalue weighted by Crippen LogP contribution is -2.24. The van der Waals surface area contributed by atoms with Gasteiger partial charge >= 0.3 is 0 Å². The van der Waals surface area contributed by atoms with E-state index < -0.39 is 5.97 Å². The topological polar surface area (TPSA) is 53.0 Å². The highest BCUT2D eigenvalue weighted by Gasteiger charge is 2.05. The van der Waals surface area contributed by atoms with Crippen LogP contribution in [0.25, 0.3) is 10.6 Å². The van der Waals surface area contributed by atoms with E-state index in [9.17, 15) is 14.3 Å². The SMILES string of the molecule is O=C([O-])Cc1csc(-c2cccc(F)c2)n1. The van der Waals surface area contributed by atoms with E-state index in [4.69, 9.17) is 0 Å². The number of carbonyl (C=O) groups excluding carboxylic acids is 1. The summed E-state index contributed by atoms with van der Waals surface area (Å²) in [7, 11) is 0. The Morgan fingerprint density at radius 2 is 2.31 bits per heavy atom. The molecule has 1 aromatic carbocycles. The second kappa shape index (κ2) is 4.40. The van der Waals surface area contributed by atoms with Crippen molar-refractivity contribution in [2.45, 2.75) is 6.42 Å². The highest BCUT2D eigenvalue weighted by molar-refractivity contribution is 7.13. The van der Waals surface area contributed by atoms with Gasteiger partial charge in [-0.05, 0) is 12.1 Å². The van der Waals surface area contributed by atoms with Crippen molar-refractivity contribution in [1.29, 1.82) is 0 Å². The first-order valence-electron chi connectivity index (χ1n) is 4.55. The third-order valence-corrected chi connectivity index (χ3v) is 2.89. The first kappa shape index (κ1) is 10.8. The molecule has 0 radical (unpaired) electrons. The average Bonchev–Trinajstić information content (AvgIpc) is 2.65. The fraction of sp³-hybridized carbons (Fsp3) is 0.0909. The van der Waals surface area contributed by atoms with Crippen LogP contribution in [0.2, 0.25) is 0 Å². The summed E-state index contributed by atoms with van der Waals surface area (Å²) < 4.78 is 12.9. The number of aromatic nitrogens is 1. The molecule has 1 heterocycles. The summed E-state index contributed by atoms with van der Waals surface area (Å²) in [5.74, 6) is -1.51. The number of thiazole rings is 1. The number of benzene rings is 1. The molecule has 2 aromatic rings. The zero-order chi connectivity index (χ0) is 11.5. The Morgan fingerprint density at radius 3 is 3.00 bits per heavy atom. The normalized spacial score (nSPS) is 10.3. The highest BCUT2D eigenvalue weighted by atomic mass is 32.1. The number of carboxylic acid groups (broad SMARTS) is 1. The van der Waals surface area contributed by atoms with Crippen LogP contribution in [0.1, 0.15) is 5.69 Å². The predicted octanol–water partition coefficient (Wildman–Crippen LogP) is 1.24. The maximum absolute atomic E-state index is 12.9. The van der Waals surface area contributed by atoms with Crippen LogP contribution in [0, 0.1) is 5.82 Å². The molecule has 0 saturated carbocycles. The first-order valence-corrected chi connectivity index (χ1v) is 5.43. The molecule has 82 valence electrons. The summed E-state index contributed by atoms with van der Waals surface area (Å²) in [4.78, 5) is 14.5. The number of carboxylic acids is 1. The van der Waals surface area contributed by atoms with Gasteiger partial charge in [0.25, 0.3) is 0 Å². The number of halogens is 1. The van der Waals surface area contributed by atoms with Crippen molar-refractivity contribution >= 4 is 17.3 Å². The van der Waals surface area contributed by atoms with Crippen molar-refractivity contribution in [3.63, 3.8) is 0 Å². The molecule has 0 spiro atoms. The molecule has 0 aliphatic rings. The van der Waals surface area contributed by atoms with Gasteiger partial charge in [0.1, 0.15) is 10.8 Å². The van der Waals surface area contributed by atoms with Gasteiger partial charge in [-0.3, -0.25) is 0 Å². The number of hydrogen-bond donors (Lipinski definition) is 0. The largest absolute Gasteiger partial charge is 0.550 e. The van der Waals surface area contributed by atoms with Gasteiger partial charge in [0.15, 0.2) is 0 Å². The third kappa shape index (κ3) is 2.43. The van der Waals surface area contributed by atoms with E-state index in [-0.39, 0.29) is 12.2 Å². The Hall–Kier alpha value is -1.75. The minimum atomic E-state index is -1.17. The van der Waals surface area contributed by atoms with Crippen LogP contribution >= 0.6 is 11.3 Å². The molecule has 0 aliphatic carbocycles. The van der Waals surface area contributed by atoms with E-state index in [2.05, 4.69) is 4.98 Å². The molecule has 0 aliphatic heterocycles. The molecular formula is C11H7FNO2S-. The van der Waals surface area contributed by atoms with Gasteiger partial charge < -0.3 is 9.90 Å². The lowest BCUT2D eigenvalue weighted by Gasteiger charge is -1.97. The fourth-order valence-corrected chi connectivity index (χ4v) is 2.11. The lowest BCUT2D eigenvalue weighted by molar-refractivity contribution is -0.304. The van der Waals surface area contributed by atoms with Gasteiger partial charge in [0.05, 0.1) is 5.69 Å². The molecule has 0 unspecified atom stereocenters. The molecule has 2 rings (SSSR count). The Balaban J connectivity index is 2.28. The van der Waals surface area contributed by atoms with Crippen molar-refractivity contribution in [1.82, 2.24) is 4.98 Å². The Kier molecular flexibility index (Phi) is 2.96. The summed E-state index contributed by atoms with van der Waals surface area (Å²) in [6, 6.07) is 6.02. The van der Waals surface area contributed by atoms with Crippen LogP contribution in [-0.4, -0.2) is 11.0 Å². The molecule has 1 aromatic heterocycles. The van der Waals surface area contributed by atoms with E-state index in [0.29, 0.717) is 16.3 Å². The van der Waals surface area contributed by atoms with Crippen molar-refractivity contribution in [2.24, 2.45) is 0 Å². The van der Waals surface area contributed by atoms with Crippen LogP contribution in [0.15, 0.2) is 29.6 Å². The van der Waals surface area contributed by atoms with Crippen LogP contribution in [0.5, 0.6) is 0 Å². The van der Waals surface area contributed by atoms with Gasteiger partial charge in [0.2, 0.25) is 0 Å². The maximum atomic E-state index is 12.9. The highest BCUT2D eigenvalue weighted by Crippen LogP contribution is 2.24. The molecule has 3 nitrogen and oxygen atoms in total. The minimum absolute atomic E-state index is 0.216. The Morgan fingerprint density at radius 1 is 1.50 bits per heavy atom. The van der Waals surface area contributed by atoms with Gasteiger partial charge in [-0.15, -0.1) is 11.3 Å².